The van der Waals surface area contributed by atoms with Gasteiger partial charge in [0.05, 0.1) is 5.56 Å². The van der Waals surface area contributed by atoms with Crippen LogP contribution < -0.4 is 10.6 Å². The topological polar surface area (TPSA) is 62.5 Å². The van der Waals surface area contributed by atoms with Crippen molar-refractivity contribution in [2.75, 3.05) is 32.6 Å². The maximum atomic E-state index is 12.0. The van der Waals surface area contributed by atoms with E-state index in [2.05, 4.69) is 4.98 Å². The Bertz CT molecular complexity index is 375. The fourth-order valence-corrected chi connectivity index (χ4v) is 1.34. The number of aromatic nitrogens is 1. The summed E-state index contributed by atoms with van der Waals surface area (Å²) in [5.41, 5.74) is 6.12. The van der Waals surface area contributed by atoms with Crippen molar-refractivity contribution in [2.24, 2.45) is 5.73 Å². The van der Waals surface area contributed by atoms with E-state index < -0.39 is 0 Å². The molecule has 0 spiro atoms. The standard InChI is InChI=1S/C12H20N4O/c1-9(7-13)16(4)12(17)10-5-6-11(14-8-10)15(2)3/h5-6,8-9H,7,13H2,1-4H3. The zero-order valence-electron chi connectivity index (χ0n) is 10.8. The third-order valence-electron chi connectivity index (χ3n) is 2.78. The zero-order chi connectivity index (χ0) is 13.0. The molecule has 0 aliphatic heterocycles. The minimum Gasteiger partial charge on any atom is -0.363 e. The van der Waals surface area contributed by atoms with Crippen molar-refractivity contribution in [3.8, 4) is 0 Å². The second kappa shape index (κ2) is 5.63. The van der Waals surface area contributed by atoms with Crippen molar-refractivity contribution >= 4 is 11.7 Å². The number of hydrogen-bond donors (Lipinski definition) is 1. The van der Waals surface area contributed by atoms with Crippen molar-refractivity contribution in [1.29, 1.82) is 0 Å². The van der Waals surface area contributed by atoms with E-state index in [0.717, 1.165) is 5.82 Å². The molecule has 1 heterocycles. The highest BCUT2D eigenvalue weighted by atomic mass is 16.2. The van der Waals surface area contributed by atoms with Crippen LogP contribution in [-0.2, 0) is 0 Å². The number of rotatable bonds is 4. The van der Waals surface area contributed by atoms with Crippen LogP contribution in [0.3, 0.4) is 0 Å². The first kappa shape index (κ1) is 13.4. The highest BCUT2D eigenvalue weighted by Crippen LogP contribution is 2.10. The fraction of sp³-hybridized carbons (Fsp3) is 0.500. The zero-order valence-corrected chi connectivity index (χ0v) is 10.8. The molecule has 0 fully saturated rings. The minimum atomic E-state index is -0.0549. The van der Waals surface area contributed by atoms with E-state index in [9.17, 15) is 4.79 Å². The number of amides is 1. The number of carbonyl (C=O) groups excluding carboxylic acids is 1. The maximum Gasteiger partial charge on any atom is 0.255 e. The van der Waals surface area contributed by atoms with Crippen LogP contribution in [0.4, 0.5) is 5.82 Å². The molecule has 1 rings (SSSR count). The van der Waals surface area contributed by atoms with E-state index in [-0.39, 0.29) is 11.9 Å². The Morgan fingerprint density at radius 2 is 2.06 bits per heavy atom. The molecule has 2 N–H and O–H groups in total. The van der Waals surface area contributed by atoms with Gasteiger partial charge < -0.3 is 15.5 Å². The van der Waals surface area contributed by atoms with Gasteiger partial charge in [0.2, 0.25) is 0 Å². The number of carbonyl (C=O) groups is 1. The number of nitrogens with zero attached hydrogens (tertiary/aromatic N) is 3. The number of hydrogen-bond acceptors (Lipinski definition) is 4. The van der Waals surface area contributed by atoms with Gasteiger partial charge in [-0.2, -0.15) is 0 Å². The van der Waals surface area contributed by atoms with Crippen molar-refractivity contribution in [2.45, 2.75) is 13.0 Å². The quantitative estimate of drug-likeness (QED) is 0.830. The lowest BCUT2D eigenvalue weighted by Crippen LogP contribution is -2.39. The number of pyridine rings is 1. The van der Waals surface area contributed by atoms with Crippen LogP contribution in [0.1, 0.15) is 17.3 Å². The molecule has 94 valence electrons. The Labute approximate surface area is 102 Å². The number of nitrogens with two attached hydrogens (primary N) is 1. The molecule has 0 saturated carbocycles. The molecule has 1 atom stereocenters. The molecule has 5 heteroatoms. The summed E-state index contributed by atoms with van der Waals surface area (Å²) in [7, 11) is 5.57. The third-order valence-corrected chi connectivity index (χ3v) is 2.78. The van der Waals surface area contributed by atoms with E-state index in [1.807, 2.05) is 32.0 Å². The van der Waals surface area contributed by atoms with E-state index in [1.165, 1.54) is 0 Å². The highest BCUT2D eigenvalue weighted by molar-refractivity contribution is 5.94. The highest BCUT2D eigenvalue weighted by Gasteiger charge is 2.16. The number of likely N-dealkylation sites (N-methyl/N-ethyl adjacent to an activating group) is 1. The summed E-state index contributed by atoms with van der Waals surface area (Å²) >= 11 is 0. The molecule has 0 aromatic carbocycles. The van der Waals surface area contributed by atoms with E-state index in [4.69, 9.17) is 5.73 Å². The minimum absolute atomic E-state index is 0.0241. The fourth-order valence-electron chi connectivity index (χ4n) is 1.34. The van der Waals surface area contributed by atoms with Crippen molar-refractivity contribution < 1.29 is 4.79 Å². The SMILES string of the molecule is CC(CN)N(C)C(=O)c1ccc(N(C)C)nc1. The molecular weight excluding hydrogens is 216 g/mol. The van der Waals surface area contributed by atoms with Gasteiger partial charge in [-0.1, -0.05) is 0 Å². The Hall–Kier alpha value is -1.62. The van der Waals surface area contributed by atoms with Gasteiger partial charge in [0.1, 0.15) is 5.82 Å². The Morgan fingerprint density at radius 1 is 1.41 bits per heavy atom. The lowest BCUT2D eigenvalue weighted by molar-refractivity contribution is 0.0748. The second-order valence-corrected chi connectivity index (χ2v) is 4.30. The summed E-state index contributed by atoms with van der Waals surface area (Å²) in [6, 6.07) is 3.63. The van der Waals surface area contributed by atoms with Gasteiger partial charge >= 0.3 is 0 Å². The van der Waals surface area contributed by atoms with Crippen LogP contribution >= 0.6 is 0 Å². The van der Waals surface area contributed by atoms with Crippen LogP contribution in [0.5, 0.6) is 0 Å². The van der Waals surface area contributed by atoms with Crippen LogP contribution in [0, 0.1) is 0 Å². The molecule has 17 heavy (non-hydrogen) atoms. The van der Waals surface area contributed by atoms with Gasteiger partial charge in [-0.05, 0) is 19.1 Å². The first-order valence-electron chi connectivity index (χ1n) is 5.58. The van der Waals surface area contributed by atoms with Crippen molar-refractivity contribution in [1.82, 2.24) is 9.88 Å². The summed E-state index contributed by atoms with van der Waals surface area (Å²) in [6.45, 7) is 2.37. The predicted molar refractivity (Wildman–Crippen MR) is 69.2 cm³/mol. The summed E-state index contributed by atoms with van der Waals surface area (Å²) < 4.78 is 0. The molecule has 1 aromatic rings. The molecule has 0 radical (unpaired) electrons. The Kier molecular flexibility index (Phi) is 4.45. The van der Waals surface area contributed by atoms with Crippen LogP contribution in [0.15, 0.2) is 18.3 Å². The Balaban J connectivity index is 2.83. The van der Waals surface area contributed by atoms with Gasteiger partial charge in [0.25, 0.3) is 5.91 Å². The average molecular weight is 236 g/mol. The molecule has 5 nitrogen and oxygen atoms in total. The van der Waals surface area contributed by atoms with Gasteiger partial charge in [0.15, 0.2) is 0 Å². The molecule has 0 aliphatic rings. The van der Waals surface area contributed by atoms with Crippen molar-refractivity contribution in [3.05, 3.63) is 23.9 Å². The van der Waals surface area contributed by atoms with E-state index in [1.54, 1.807) is 24.2 Å². The second-order valence-electron chi connectivity index (χ2n) is 4.30. The number of anilines is 1. The van der Waals surface area contributed by atoms with Gasteiger partial charge in [-0.15, -0.1) is 0 Å². The summed E-state index contributed by atoms with van der Waals surface area (Å²) in [4.78, 5) is 19.8. The largest absolute Gasteiger partial charge is 0.363 e. The third kappa shape index (κ3) is 3.17. The normalized spacial score (nSPS) is 12.1. The van der Waals surface area contributed by atoms with Crippen LogP contribution in [-0.4, -0.2) is 49.5 Å². The molecule has 1 amide bonds. The summed E-state index contributed by atoms with van der Waals surface area (Å²) in [6.07, 6.45) is 1.59. The summed E-state index contributed by atoms with van der Waals surface area (Å²) in [5, 5.41) is 0. The Morgan fingerprint density at radius 3 is 2.47 bits per heavy atom. The van der Waals surface area contributed by atoms with E-state index >= 15 is 0 Å². The molecule has 0 aliphatic carbocycles. The van der Waals surface area contributed by atoms with E-state index in [0.29, 0.717) is 12.1 Å². The molecule has 1 unspecified atom stereocenters. The molecule has 0 saturated heterocycles. The first-order valence-corrected chi connectivity index (χ1v) is 5.58. The van der Waals surface area contributed by atoms with Gasteiger partial charge in [-0.3, -0.25) is 4.79 Å². The van der Waals surface area contributed by atoms with Gasteiger partial charge in [0, 0.05) is 39.9 Å². The average Bonchev–Trinajstić information content (AvgIpc) is 2.36. The first-order chi connectivity index (χ1) is 7.97. The monoisotopic (exact) mass is 236 g/mol. The maximum absolute atomic E-state index is 12.0. The molecule has 0 bridgehead atoms. The summed E-state index contributed by atoms with van der Waals surface area (Å²) in [5.74, 6) is 0.775. The lowest BCUT2D eigenvalue weighted by atomic mass is 10.2. The van der Waals surface area contributed by atoms with Crippen molar-refractivity contribution in [3.63, 3.8) is 0 Å². The smallest absolute Gasteiger partial charge is 0.255 e. The van der Waals surface area contributed by atoms with Crippen LogP contribution in [0.25, 0.3) is 0 Å². The van der Waals surface area contributed by atoms with Gasteiger partial charge in [-0.25, -0.2) is 4.98 Å². The predicted octanol–water partition coefficient (Wildman–Crippen LogP) is 0.567. The lowest BCUT2D eigenvalue weighted by Gasteiger charge is -2.23. The molecular formula is C12H20N4O. The van der Waals surface area contributed by atoms with Crippen LogP contribution in [0.2, 0.25) is 0 Å². The molecule has 1 aromatic heterocycles.